The monoisotopic (exact) mass is 231 g/mol. The Labute approximate surface area is 101 Å². The molecule has 0 atom stereocenters. The molecule has 1 heterocycles. The van der Waals surface area contributed by atoms with Crippen LogP contribution in [-0.4, -0.2) is 19.9 Å². The highest BCUT2D eigenvalue weighted by molar-refractivity contribution is 5.33. The number of benzene rings is 1. The predicted molar refractivity (Wildman–Crippen MR) is 65.8 cm³/mol. The summed E-state index contributed by atoms with van der Waals surface area (Å²) in [5.74, 6) is 2.00. The first-order valence-electron chi connectivity index (χ1n) is 5.82. The van der Waals surface area contributed by atoms with Gasteiger partial charge >= 0.3 is 0 Å². The summed E-state index contributed by atoms with van der Waals surface area (Å²) in [7, 11) is 0. The Balaban J connectivity index is 2.46. The van der Waals surface area contributed by atoms with E-state index < -0.39 is 0 Å². The maximum Gasteiger partial charge on any atom is 0.163 e. The summed E-state index contributed by atoms with van der Waals surface area (Å²) < 4.78 is 1.93. The molecular weight excluding hydrogens is 214 g/mol. The molecule has 0 fully saturated rings. The lowest BCUT2D eigenvalue weighted by Crippen LogP contribution is -2.07. The van der Waals surface area contributed by atoms with E-state index in [1.807, 2.05) is 34.9 Å². The average molecular weight is 231 g/mol. The Morgan fingerprint density at radius 1 is 1.12 bits per heavy atom. The average Bonchev–Trinajstić information content (AvgIpc) is 2.72. The van der Waals surface area contributed by atoms with E-state index in [0.717, 1.165) is 17.9 Å². The van der Waals surface area contributed by atoms with Crippen molar-refractivity contribution < 1.29 is 5.11 Å². The molecule has 1 N–H and O–H groups in total. The maximum absolute atomic E-state index is 9.30. The summed E-state index contributed by atoms with van der Waals surface area (Å²) >= 11 is 0. The van der Waals surface area contributed by atoms with Crippen LogP contribution in [0.2, 0.25) is 0 Å². The van der Waals surface area contributed by atoms with Crippen LogP contribution in [0.4, 0.5) is 0 Å². The molecule has 90 valence electrons. The molecule has 0 aliphatic carbocycles. The fourth-order valence-electron chi connectivity index (χ4n) is 1.83. The SMILES string of the molecule is CC(C)Cc1nnc(CO)n1-c1ccccc1. The Morgan fingerprint density at radius 2 is 1.76 bits per heavy atom. The van der Waals surface area contributed by atoms with Crippen molar-refractivity contribution in [1.82, 2.24) is 14.8 Å². The Hall–Kier alpha value is -1.68. The summed E-state index contributed by atoms with van der Waals surface area (Å²) in [5, 5.41) is 17.5. The van der Waals surface area contributed by atoms with Crippen LogP contribution in [0.25, 0.3) is 5.69 Å². The molecule has 4 heteroatoms. The highest BCUT2D eigenvalue weighted by Gasteiger charge is 2.13. The number of nitrogens with zero attached hydrogens (tertiary/aromatic N) is 3. The van der Waals surface area contributed by atoms with Gasteiger partial charge in [-0.25, -0.2) is 0 Å². The second-order valence-electron chi connectivity index (χ2n) is 4.46. The minimum Gasteiger partial charge on any atom is -0.388 e. The molecule has 0 saturated heterocycles. The molecule has 0 saturated carbocycles. The molecule has 0 amide bonds. The molecule has 4 nitrogen and oxygen atoms in total. The molecule has 17 heavy (non-hydrogen) atoms. The molecular formula is C13H17N3O. The first-order valence-corrected chi connectivity index (χ1v) is 5.82. The van der Waals surface area contributed by atoms with Crippen LogP contribution in [0.15, 0.2) is 30.3 Å². The van der Waals surface area contributed by atoms with Crippen LogP contribution < -0.4 is 0 Å². The zero-order chi connectivity index (χ0) is 12.3. The number of hydrogen-bond donors (Lipinski definition) is 1. The lowest BCUT2D eigenvalue weighted by molar-refractivity contribution is 0.268. The van der Waals surface area contributed by atoms with Gasteiger partial charge in [-0.1, -0.05) is 32.0 Å². The minimum atomic E-state index is -0.0972. The van der Waals surface area contributed by atoms with Crippen LogP contribution in [-0.2, 0) is 13.0 Å². The largest absolute Gasteiger partial charge is 0.388 e. The molecule has 0 radical (unpaired) electrons. The summed E-state index contributed by atoms with van der Waals surface area (Å²) in [5.41, 5.74) is 0.997. The number of hydrogen-bond acceptors (Lipinski definition) is 3. The number of aromatic nitrogens is 3. The molecule has 0 bridgehead atoms. The lowest BCUT2D eigenvalue weighted by Gasteiger charge is -2.10. The van der Waals surface area contributed by atoms with Crippen LogP contribution in [0.5, 0.6) is 0 Å². The summed E-state index contributed by atoms with van der Waals surface area (Å²) in [4.78, 5) is 0. The van der Waals surface area contributed by atoms with Gasteiger partial charge in [-0.3, -0.25) is 4.57 Å². The summed E-state index contributed by atoms with van der Waals surface area (Å²) in [6.07, 6.45) is 0.849. The molecule has 0 unspecified atom stereocenters. The predicted octanol–water partition coefficient (Wildman–Crippen LogP) is 1.96. The molecule has 0 aliphatic heterocycles. The van der Waals surface area contributed by atoms with Crippen molar-refractivity contribution in [3.05, 3.63) is 42.0 Å². The van der Waals surface area contributed by atoms with E-state index in [0.29, 0.717) is 11.7 Å². The van der Waals surface area contributed by atoms with Gasteiger partial charge in [-0.2, -0.15) is 0 Å². The number of para-hydroxylation sites is 1. The minimum absolute atomic E-state index is 0.0972. The first-order chi connectivity index (χ1) is 8.22. The van der Waals surface area contributed by atoms with Gasteiger partial charge in [0, 0.05) is 12.1 Å². The third-order valence-electron chi connectivity index (χ3n) is 2.54. The number of aliphatic hydroxyl groups excluding tert-OH is 1. The van der Waals surface area contributed by atoms with Crippen molar-refractivity contribution in [3.63, 3.8) is 0 Å². The second-order valence-corrected chi connectivity index (χ2v) is 4.46. The topological polar surface area (TPSA) is 50.9 Å². The molecule has 1 aromatic heterocycles. The van der Waals surface area contributed by atoms with E-state index in [2.05, 4.69) is 24.0 Å². The molecule has 2 rings (SSSR count). The van der Waals surface area contributed by atoms with Gasteiger partial charge in [0.15, 0.2) is 5.82 Å². The van der Waals surface area contributed by atoms with Gasteiger partial charge in [0.05, 0.1) is 0 Å². The fraction of sp³-hybridized carbons (Fsp3) is 0.385. The molecule has 1 aromatic carbocycles. The van der Waals surface area contributed by atoms with Crippen LogP contribution in [0.1, 0.15) is 25.5 Å². The van der Waals surface area contributed by atoms with Gasteiger partial charge in [0.2, 0.25) is 0 Å². The van der Waals surface area contributed by atoms with Crippen LogP contribution in [0, 0.1) is 5.92 Å². The third kappa shape index (κ3) is 2.53. The van der Waals surface area contributed by atoms with E-state index in [9.17, 15) is 5.11 Å². The summed E-state index contributed by atoms with van der Waals surface area (Å²) in [6.45, 7) is 4.19. The Morgan fingerprint density at radius 3 is 2.35 bits per heavy atom. The third-order valence-corrected chi connectivity index (χ3v) is 2.54. The van der Waals surface area contributed by atoms with Crippen molar-refractivity contribution in [1.29, 1.82) is 0 Å². The quantitative estimate of drug-likeness (QED) is 0.875. The van der Waals surface area contributed by atoms with Gasteiger partial charge in [-0.05, 0) is 18.1 Å². The lowest BCUT2D eigenvalue weighted by atomic mass is 10.1. The highest BCUT2D eigenvalue weighted by atomic mass is 16.3. The Kier molecular flexibility index (Phi) is 3.54. The van der Waals surface area contributed by atoms with Crippen LogP contribution >= 0.6 is 0 Å². The number of rotatable bonds is 4. The second kappa shape index (κ2) is 5.10. The summed E-state index contributed by atoms with van der Waals surface area (Å²) in [6, 6.07) is 9.89. The highest BCUT2D eigenvalue weighted by Crippen LogP contribution is 2.15. The molecule has 0 aliphatic rings. The number of aliphatic hydroxyl groups is 1. The van der Waals surface area contributed by atoms with Gasteiger partial charge < -0.3 is 5.11 Å². The Bertz CT molecular complexity index is 477. The van der Waals surface area contributed by atoms with Gasteiger partial charge in [-0.15, -0.1) is 10.2 Å². The standard InChI is InChI=1S/C13H17N3O/c1-10(2)8-12-14-15-13(9-17)16(12)11-6-4-3-5-7-11/h3-7,10,17H,8-9H2,1-2H3. The fourth-order valence-corrected chi connectivity index (χ4v) is 1.83. The van der Waals surface area contributed by atoms with Crippen molar-refractivity contribution in [2.75, 3.05) is 0 Å². The van der Waals surface area contributed by atoms with Crippen molar-refractivity contribution in [3.8, 4) is 5.69 Å². The maximum atomic E-state index is 9.30. The van der Waals surface area contributed by atoms with E-state index in [1.54, 1.807) is 0 Å². The van der Waals surface area contributed by atoms with Crippen molar-refractivity contribution >= 4 is 0 Å². The zero-order valence-electron chi connectivity index (χ0n) is 10.2. The normalized spacial score (nSPS) is 11.1. The van der Waals surface area contributed by atoms with E-state index in [4.69, 9.17) is 0 Å². The van der Waals surface area contributed by atoms with E-state index >= 15 is 0 Å². The van der Waals surface area contributed by atoms with E-state index in [1.165, 1.54) is 0 Å². The van der Waals surface area contributed by atoms with Crippen molar-refractivity contribution in [2.24, 2.45) is 5.92 Å². The first kappa shape index (κ1) is 11.8. The molecule has 2 aromatic rings. The van der Waals surface area contributed by atoms with Crippen LogP contribution in [0.3, 0.4) is 0 Å². The zero-order valence-corrected chi connectivity index (χ0v) is 10.2. The smallest absolute Gasteiger partial charge is 0.163 e. The molecule has 0 spiro atoms. The van der Waals surface area contributed by atoms with Gasteiger partial charge in [0.25, 0.3) is 0 Å². The van der Waals surface area contributed by atoms with E-state index in [-0.39, 0.29) is 6.61 Å². The van der Waals surface area contributed by atoms with Crippen molar-refractivity contribution in [2.45, 2.75) is 26.9 Å². The van der Waals surface area contributed by atoms with Gasteiger partial charge in [0.1, 0.15) is 12.4 Å².